The number of aryl methyl sites for hydroxylation is 2. The van der Waals surface area contributed by atoms with Gasteiger partial charge in [0.25, 0.3) is 0 Å². The van der Waals surface area contributed by atoms with Gasteiger partial charge in [-0.05, 0) is 50.6 Å². The van der Waals surface area contributed by atoms with Crippen molar-refractivity contribution in [2.24, 2.45) is 0 Å². The van der Waals surface area contributed by atoms with Crippen molar-refractivity contribution in [1.82, 2.24) is 14.5 Å². The van der Waals surface area contributed by atoms with Gasteiger partial charge < -0.3 is 0 Å². The molecule has 0 aliphatic rings. The van der Waals surface area contributed by atoms with Crippen molar-refractivity contribution in [3.8, 4) is 5.69 Å². The molecule has 1 aromatic carbocycles. The summed E-state index contributed by atoms with van der Waals surface area (Å²) < 4.78 is 15.1. The van der Waals surface area contributed by atoms with E-state index in [-0.39, 0.29) is 5.82 Å². The maximum absolute atomic E-state index is 13.1. The maximum atomic E-state index is 13.1. The molecule has 0 N–H and O–H groups in total. The smallest absolute Gasteiger partial charge is 0.150 e. The van der Waals surface area contributed by atoms with E-state index in [9.17, 15) is 4.39 Å². The van der Waals surface area contributed by atoms with Gasteiger partial charge in [0, 0.05) is 11.4 Å². The summed E-state index contributed by atoms with van der Waals surface area (Å²) in [5.74, 6) is 0.354. The standard InChI is InChI=1S/C15H13ClFN3/c1-8-9(2)20(12-6-4-11(17)5-7-12)15-13(8)14(16)18-10(3)19-15/h4-7H,1-3H3. The summed E-state index contributed by atoms with van der Waals surface area (Å²) in [6, 6.07) is 6.33. The second-order valence-electron chi connectivity index (χ2n) is 4.78. The summed E-state index contributed by atoms with van der Waals surface area (Å²) in [6.45, 7) is 5.78. The van der Waals surface area contributed by atoms with Crippen molar-refractivity contribution < 1.29 is 4.39 Å². The highest BCUT2D eigenvalue weighted by molar-refractivity contribution is 6.34. The molecule has 2 heterocycles. The maximum Gasteiger partial charge on any atom is 0.150 e. The van der Waals surface area contributed by atoms with Crippen LogP contribution in [0.4, 0.5) is 4.39 Å². The van der Waals surface area contributed by atoms with Crippen molar-refractivity contribution in [2.75, 3.05) is 0 Å². The third-order valence-corrected chi connectivity index (χ3v) is 3.78. The van der Waals surface area contributed by atoms with Gasteiger partial charge in [0.1, 0.15) is 22.4 Å². The molecule has 0 fully saturated rings. The Morgan fingerprint density at radius 3 is 2.35 bits per heavy atom. The average Bonchev–Trinajstić information content (AvgIpc) is 2.63. The van der Waals surface area contributed by atoms with Crippen molar-refractivity contribution in [3.63, 3.8) is 0 Å². The van der Waals surface area contributed by atoms with Crippen molar-refractivity contribution >= 4 is 22.6 Å². The number of hydrogen-bond donors (Lipinski definition) is 0. The minimum Gasteiger partial charge on any atom is -0.298 e. The highest BCUT2D eigenvalue weighted by Gasteiger charge is 2.17. The summed E-state index contributed by atoms with van der Waals surface area (Å²) in [5, 5.41) is 1.30. The van der Waals surface area contributed by atoms with Crippen LogP contribution in [0, 0.1) is 26.6 Å². The summed E-state index contributed by atoms with van der Waals surface area (Å²) in [6.07, 6.45) is 0. The molecule has 0 amide bonds. The molecule has 0 radical (unpaired) electrons. The molecule has 0 spiro atoms. The van der Waals surface area contributed by atoms with Gasteiger partial charge in [-0.15, -0.1) is 0 Å². The first-order chi connectivity index (χ1) is 9.49. The van der Waals surface area contributed by atoms with Crippen molar-refractivity contribution in [2.45, 2.75) is 20.8 Å². The highest BCUT2D eigenvalue weighted by atomic mass is 35.5. The van der Waals surface area contributed by atoms with E-state index in [0.29, 0.717) is 11.0 Å². The number of rotatable bonds is 1. The van der Waals surface area contributed by atoms with Gasteiger partial charge in [-0.1, -0.05) is 11.6 Å². The summed E-state index contributed by atoms with van der Waals surface area (Å²) in [4.78, 5) is 8.70. The molecule has 5 heteroatoms. The number of aromatic nitrogens is 3. The first-order valence-corrected chi connectivity index (χ1v) is 6.64. The van der Waals surface area contributed by atoms with Crippen molar-refractivity contribution in [3.05, 3.63) is 52.3 Å². The van der Waals surface area contributed by atoms with Crippen molar-refractivity contribution in [1.29, 1.82) is 0 Å². The van der Waals surface area contributed by atoms with E-state index in [0.717, 1.165) is 28.0 Å². The van der Waals surface area contributed by atoms with E-state index in [2.05, 4.69) is 9.97 Å². The van der Waals surface area contributed by atoms with Gasteiger partial charge >= 0.3 is 0 Å². The second kappa shape index (κ2) is 4.56. The van der Waals surface area contributed by atoms with E-state index in [1.54, 1.807) is 19.1 Å². The molecule has 0 bridgehead atoms. The third kappa shape index (κ3) is 1.88. The zero-order valence-electron chi connectivity index (χ0n) is 11.4. The zero-order valence-corrected chi connectivity index (χ0v) is 12.2. The Kier molecular flexibility index (Phi) is 2.98. The topological polar surface area (TPSA) is 30.7 Å². The normalized spacial score (nSPS) is 11.2. The average molecular weight is 290 g/mol. The Labute approximate surface area is 121 Å². The quantitative estimate of drug-likeness (QED) is 0.630. The molecule has 0 saturated heterocycles. The molecule has 3 nitrogen and oxygen atoms in total. The Morgan fingerprint density at radius 1 is 1.05 bits per heavy atom. The van der Waals surface area contributed by atoms with Crippen LogP contribution in [0.15, 0.2) is 24.3 Å². The minimum absolute atomic E-state index is 0.261. The SMILES string of the molecule is Cc1nc(Cl)c2c(C)c(C)n(-c3ccc(F)cc3)c2n1. The number of benzene rings is 1. The van der Waals surface area contributed by atoms with Crippen LogP contribution in [-0.2, 0) is 0 Å². The molecule has 3 aromatic rings. The van der Waals surface area contributed by atoms with Gasteiger partial charge in [-0.2, -0.15) is 0 Å². The lowest BCUT2D eigenvalue weighted by Gasteiger charge is -2.08. The van der Waals surface area contributed by atoms with Crippen LogP contribution in [0.5, 0.6) is 0 Å². The molecule has 0 atom stereocenters. The van der Waals surface area contributed by atoms with E-state index < -0.39 is 0 Å². The molecule has 2 aromatic heterocycles. The van der Waals surface area contributed by atoms with Crippen LogP contribution in [0.25, 0.3) is 16.7 Å². The number of fused-ring (bicyclic) bond motifs is 1. The van der Waals surface area contributed by atoms with Gasteiger partial charge in [-0.3, -0.25) is 4.57 Å². The minimum atomic E-state index is -0.261. The first kappa shape index (κ1) is 13.1. The van der Waals surface area contributed by atoms with Crippen LogP contribution in [0.3, 0.4) is 0 Å². The Bertz CT molecular complexity index is 806. The molecular formula is C15H13ClFN3. The highest BCUT2D eigenvalue weighted by Crippen LogP contribution is 2.31. The third-order valence-electron chi connectivity index (χ3n) is 3.51. The van der Waals surface area contributed by atoms with Crippen LogP contribution >= 0.6 is 11.6 Å². The lowest BCUT2D eigenvalue weighted by molar-refractivity contribution is 0.627. The molecule has 0 unspecified atom stereocenters. The van der Waals surface area contributed by atoms with Crippen LogP contribution < -0.4 is 0 Å². The second-order valence-corrected chi connectivity index (χ2v) is 5.14. The van der Waals surface area contributed by atoms with Gasteiger partial charge in [-0.25, -0.2) is 14.4 Å². The lowest BCUT2D eigenvalue weighted by atomic mass is 10.2. The Balaban J connectivity index is 2.41. The number of nitrogens with zero attached hydrogens (tertiary/aromatic N) is 3. The Hall–Kier alpha value is -1.94. The predicted molar refractivity (Wildman–Crippen MR) is 78.0 cm³/mol. The molecular weight excluding hydrogens is 277 g/mol. The zero-order chi connectivity index (χ0) is 14.4. The molecule has 102 valence electrons. The fraction of sp³-hybridized carbons (Fsp3) is 0.200. The van der Waals surface area contributed by atoms with E-state index in [4.69, 9.17) is 11.6 Å². The van der Waals surface area contributed by atoms with E-state index in [1.807, 2.05) is 18.4 Å². The van der Waals surface area contributed by atoms with E-state index >= 15 is 0 Å². The number of hydrogen-bond acceptors (Lipinski definition) is 2. The fourth-order valence-corrected chi connectivity index (χ4v) is 2.77. The molecule has 0 saturated carbocycles. The van der Waals surface area contributed by atoms with Gasteiger partial charge in [0.2, 0.25) is 0 Å². The number of halogens is 2. The first-order valence-electron chi connectivity index (χ1n) is 6.26. The monoisotopic (exact) mass is 289 g/mol. The molecule has 0 aliphatic carbocycles. The van der Waals surface area contributed by atoms with Crippen LogP contribution in [0.2, 0.25) is 5.15 Å². The lowest BCUT2D eigenvalue weighted by Crippen LogP contribution is -1.99. The van der Waals surface area contributed by atoms with Crippen LogP contribution in [-0.4, -0.2) is 14.5 Å². The molecule has 0 aliphatic heterocycles. The summed E-state index contributed by atoms with van der Waals surface area (Å²) in [5.41, 5.74) is 3.67. The fourth-order valence-electron chi connectivity index (χ4n) is 2.42. The molecule has 20 heavy (non-hydrogen) atoms. The predicted octanol–water partition coefficient (Wildman–Crippen LogP) is 4.14. The van der Waals surface area contributed by atoms with Gasteiger partial charge in [0.05, 0.1) is 5.39 Å². The largest absolute Gasteiger partial charge is 0.298 e. The van der Waals surface area contributed by atoms with Gasteiger partial charge in [0.15, 0.2) is 0 Å². The molecule has 3 rings (SSSR count). The summed E-state index contributed by atoms with van der Waals surface area (Å²) >= 11 is 6.24. The van der Waals surface area contributed by atoms with E-state index in [1.165, 1.54) is 12.1 Å². The van der Waals surface area contributed by atoms with Crippen LogP contribution in [0.1, 0.15) is 17.1 Å². The summed E-state index contributed by atoms with van der Waals surface area (Å²) in [7, 11) is 0. The Morgan fingerprint density at radius 2 is 1.70 bits per heavy atom.